The van der Waals surface area contributed by atoms with Crippen LogP contribution in [0.15, 0.2) is 0 Å². The maximum absolute atomic E-state index is 12.2. The summed E-state index contributed by atoms with van der Waals surface area (Å²) in [5.74, 6) is -0.0708. The van der Waals surface area contributed by atoms with Gasteiger partial charge in [0.05, 0.1) is 6.54 Å². The van der Waals surface area contributed by atoms with Gasteiger partial charge in [-0.2, -0.15) is 0 Å². The van der Waals surface area contributed by atoms with Crippen LogP contribution in [-0.2, 0) is 9.59 Å². The molecule has 0 aliphatic heterocycles. The lowest BCUT2D eigenvalue weighted by molar-refractivity contribution is -0.136. The van der Waals surface area contributed by atoms with E-state index in [4.69, 9.17) is 5.73 Å². The van der Waals surface area contributed by atoms with Crippen LogP contribution in [0.25, 0.3) is 0 Å². The molecule has 0 unspecified atom stereocenters. The molecule has 0 aromatic carbocycles. The summed E-state index contributed by atoms with van der Waals surface area (Å²) in [6, 6.07) is 0. The van der Waals surface area contributed by atoms with Crippen LogP contribution in [0.2, 0.25) is 0 Å². The molecule has 0 bridgehead atoms. The molecular formula is C14H29N3O2. The minimum atomic E-state index is -0.122. The average molecular weight is 271 g/mol. The van der Waals surface area contributed by atoms with Crippen molar-refractivity contribution < 1.29 is 9.59 Å². The van der Waals surface area contributed by atoms with E-state index in [1.54, 1.807) is 11.9 Å². The SMILES string of the molecule is CCCN(CC(=O)NC)C(=O)CCC(C)(C)CCN. The molecule has 0 aromatic heterocycles. The quantitative estimate of drug-likeness (QED) is 0.660. The van der Waals surface area contributed by atoms with E-state index < -0.39 is 0 Å². The molecule has 0 spiro atoms. The van der Waals surface area contributed by atoms with E-state index in [2.05, 4.69) is 19.2 Å². The molecular weight excluding hydrogens is 242 g/mol. The predicted octanol–water partition coefficient (Wildman–Crippen LogP) is 1.13. The van der Waals surface area contributed by atoms with Gasteiger partial charge in [-0.1, -0.05) is 20.8 Å². The van der Waals surface area contributed by atoms with Crippen molar-refractivity contribution in [3.8, 4) is 0 Å². The lowest BCUT2D eigenvalue weighted by Crippen LogP contribution is -2.40. The zero-order valence-electron chi connectivity index (χ0n) is 12.8. The lowest BCUT2D eigenvalue weighted by Gasteiger charge is -2.26. The van der Waals surface area contributed by atoms with Crippen molar-refractivity contribution in [1.29, 1.82) is 0 Å². The van der Waals surface area contributed by atoms with Crippen molar-refractivity contribution in [3.63, 3.8) is 0 Å². The van der Waals surface area contributed by atoms with Crippen LogP contribution in [0.5, 0.6) is 0 Å². The number of hydrogen-bond acceptors (Lipinski definition) is 3. The van der Waals surface area contributed by atoms with Gasteiger partial charge in [-0.15, -0.1) is 0 Å². The van der Waals surface area contributed by atoms with Crippen LogP contribution < -0.4 is 11.1 Å². The van der Waals surface area contributed by atoms with E-state index in [1.807, 2.05) is 6.92 Å². The second-order valence-corrected chi connectivity index (χ2v) is 5.69. The van der Waals surface area contributed by atoms with Gasteiger partial charge in [0.1, 0.15) is 0 Å². The number of hydrogen-bond donors (Lipinski definition) is 2. The molecule has 5 heteroatoms. The van der Waals surface area contributed by atoms with E-state index in [-0.39, 0.29) is 23.8 Å². The number of nitrogens with one attached hydrogen (secondary N) is 1. The highest BCUT2D eigenvalue weighted by Gasteiger charge is 2.21. The number of rotatable bonds is 9. The molecule has 0 rings (SSSR count). The summed E-state index contributed by atoms with van der Waals surface area (Å²) in [5.41, 5.74) is 5.64. The first kappa shape index (κ1) is 17.9. The first-order valence-corrected chi connectivity index (χ1v) is 7.04. The van der Waals surface area contributed by atoms with Crippen molar-refractivity contribution in [3.05, 3.63) is 0 Å². The van der Waals surface area contributed by atoms with Crippen LogP contribution >= 0.6 is 0 Å². The smallest absolute Gasteiger partial charge is 0.239 e. The van der Waals surface area contributed by atoms with Crippen LogP contribution in [0.3, 0.4) is 0 Å². The second-order valence-electron chi connectivity index (χ2n) is 5.69. The Hall–Kier alpha value is -1.10. The Labute approximate surface area is 116 Å². The Balaban J connectivity index is 4.36. The normalized spacial score (nSPS) is 11.2. The lowest BCUT2D eigenvalue weighted by atomic mass is 9.84. The number of amides is 2. The first-order valence-electron chi connectivity index (χ1n) is 7.04. The Kier molecular flexibility index (Phi) is 8.39. The Morgan fingerprint density at radius 1 is 1.26 bits per heavy atom. The fraction of sp³-hybridized carbons (Fsp3) is 0.857. The highest BCUT2D eigenvalue weighted by molar-refractivity contribution is 5.84. The highest BCUT2D eigenvalue weighted by Crippen LogP contribution is 2.26. The monoisotopic (exact) mass is 271 g/mol. The van der Waals surface area contributed by atoms with E-state index in [9.17, 15) is 9.59 Å². The maximum atomic E-state index is 12.2. The number of carbonyl (C=O) groups excluding carboxylic acids is 2. The number of carbonyl (C=O) groups is 2. The van der Waals surface area contributed by atoms with E-state index in [1.165, 1.54) is 0 Å². The topological polar surface area (TPSA) is 75.4 Å². The van der Waals surface area contributed by atoms with Gasteiger partial charge < -0.3 is 16.0 Å². The van der Waals surface area contributed by atoms with Crippen LogP contribution in [-0.4, -0.2) is 43.4 Å². The minimum absolute atomic E-state index is 0.0514. The van der Waals surface area contributed by atoms with Crippen molar-refractivity contribution in [1.82, 2.24) is 10.2 Å². The largest absolute Gasteiger partial charge is 0.358 e. The fourth-order valence-corrected chi connectivity index (χ4v) is 1.93. The average Bonchev–Trinajstić information content (AvgIpc) is 2.35. The summed E-state index contributed by atoms with van der Waals surface area (Å²) in [4.78, 5) is 25.2. The minimum Gasteiger partial charge on any atom is -0.358 e. The van der Waals surface area contributed by atoms with Crippen molar-refractivity contribution >= 4 is 11.8 Å². The summed E-state index contributed by atoms with van der Waals surface area (Å²) in [6.07, 6.45) is 3.04. The molecule has 3 N–H and O–H groups in total. The van der Waals surface area contributed by atoms with E-state index in [0.29, 0.717) is 19.5 Å². The van der Waals surface area contributed by atoms with Crippen molar-refractivity contribution in [2.45, 2.75) is 46.5 Å². The Morgan fingerprint density at radius 2 is 1.89 bits per heavy atom. The van der Waals surface area contributed by atoms with Gasteiger partial charge in [-0.25, -0.2) is 0 Å². The zero-order valence-corrected chi connectivity index (χ0v) is 12.8. The molecule has 0 radical (unpaired) electrons. The molecule has 19 heavy (non-hydrogen) atoms. The standard InChI is InChI=1S/C14H29N3O2/c1-5-10-17(11-12(18)16-4)13(19)6-7-14(2,3)8-9-15/h5-11,15H2,1-4H3,(H,16,18). The van der Waals surface area contributed by atoms with Crippen molar-refractivity contribution in [2.24, 2.45) is 11.1 Å². The zero-order chi connectivity index (χ0) is 14.9. The van der Waals surface area contributed by atoms with Crippen LogP contribution in [0, 0.1) is 5.41 Å². The number of nitrogens with zero attached hydrogens (tertiary/aromatic N) is 1. The fourth-order valence-electron chi connectivity index (χ4n) is 1.93. The molecule has 5 nitrogen and oxygen atoms in total. The van der Waals surface area contributed by atoms with Crippen LogP contribution in [0.1, 0.15) is 46.5 Å². The maximum Gasteiger partial charge on any atom is 0.239 e. The third kappa shape index (κ3) is 7.82. The molecule has 0 atom stereocenters. The molecule has 0 fully saturated rings. The molecule has 0 aromatic rings. The van der Waals surface area contributed by atoms with Crippen LogP contribution in [0.4, 0.5) is 0 Å². The summed E-state index contributed by atoms with van der Waals surface area (Å²) < 4.78 is 0. The molecule has 0 saturated carbocycles. The number of nitrogens with two attached hydrogens (primary N) is 1. The summed E-state index contributed by atoms with van der Waals surface area (Å²) in [6.45, 7) is 7.66. The first-order chi connectivity index (χ1) is 8.86. The van der Waals surface area contributed by atoms with Gasteiger partial charge in [0.15, 0.2) is 0 Å². The van der Waals surface area contributed by atoms with Gasteiger partial charge in [0, 0.05) is 20.0 Å². The third-order valence-electron chi connectivity index (χ3n) is 3.30. The van der Waals surface area contributed by atoms with Gasteiger partial charge in [0.2, 0.25) is 11.8 Å². The molecule has 0 heterocycles. The molecule has 0 aliphatic carbocycles. The van der Waals surface area contributed by atoms with E-state index in [0.717, 1.165) is 19.3 Å². The summed E-state index contributed by atoms with van der Waals surface area (Å²) >= 11 is 0. The van der Waals surface area contributed by atoms with Gasteiger partial charge >= 0.3 is 0 Å². The summed E-state index contributed by atoms with van der Waals surface area (Å²) in [7, 11) is 1.58. The molecule has 0 aliphatic rings. The molecule has 0 saturated heterocycles. The van der Waals surface area contributed by atoms with Gasteiger partial charge in [0.25, 0.3) is 0 Å². The summed E-state index contributed by atoms with van der Waals surface area (Å²) in [5, 5.41) is 2.55. The Bertz CT molecular complexity index is 290. The predicted molar refractivity (Wildman–Crippen MR) is 77.6 cm³/mol. The second kappa shape index (κ2) is 8.91. The molecule has 2 amide bonds. The van der Waals surface area contributed by atoms with E-state index >= 15 is 0 Å². The Morgan fingerprint density at radius 3 is 2.37 bits per heavy atom. The number of likely N-dealkylation sites (N-methyl/N-ethyl adjacent to an activating group) is 1. The van der Waals surface area contributed by atoms with Gasteiger partial charge in [-0.05, 0) is 31.2 Å². The highest BCUT2D eigenvalue weighted by atomic mass is 16.2. The van der Waals surface area contributed by atoms with Crippen molar-refractivity contribution in [2.75, 3.05) is 26.7 Å². The van der Waals surface area contributed by atoms with Gasteiger partial charge in [-0.3, -0.25) is 9.59 Å². The molecule has 112 valence electrons. The third-order valence-corrected chi connectivity index (χ3v) is 3.30.